The second-order valence-electron chi connectivity index (χ2n) is 4.09. The van der Waals surface area contributed by atoms with Gasteiger partial charge in [-0.15, -0.1) is 0 Å². The molecule has 1 aromatic carbocycles. The maximum Gasteiger partial charge on any atom is 0.273 e. The van der Waals surface area contributed by atoms with Gasteiger partial charge in [0, 0.05) is 10.7 Å². The first-order valence-corrected chi connectivity index (χ1v) is 7.40. The predicted octanol–water partition coefficient (Wildman–Crippen LogP) is 2.81. The van der Waals surface area contributed by atoms with E-state index in [-0.39, 0.29) is 27.0 Å². The van der Waals surface area contributed by atoms with E-state index in [0.717, 1.165) is 0 Å². The zero-order valence-corrected chi connectivity index (χ0v) is 14.0. The Hall–Kier alpha value is -1.83. The van der Waals surface area contributed by atoms with Crippen LogP contribution in [0.1, 0.15) is 20.7 Å². The van der Waals surface area contributed by atoms with Gasteiger partial charge in [-0.05, 0) is 34.1 Å². The van der Waals surface area contributed by atoms with Gasteiger partial charge >= 0.3 is 0 Å². The van der Waals surface area contributed by atoms with E-state index in [2.05, 4.69) is 31.8 Å². The van der Waals surface area contributed by atoms with E-state index in [4.69, 9.17) is 28.9 Å². The molecule has 0 aliphatic carbocycles. The molecule has 0 atom stereocenters. The number of nitrogens with two attached hydrogens (primary N) is 1. The van der Waals surface area contributed by atoms with Crippen molar-refractivity contribution < 1.29 is 9.59 Å². The minimum Gasteiger partial charge on any atom is -0.383 e. The summed E-state index contributed by atoms with van der Waals surface area (Å²) in [7, 11) is 0. The van der Waals surface area contributed by atoms with Crippen molar-refractivity contribution in [3.63, 3.8) is 0 Å². The van der Waals surface area contributed by atoms with Crippen molar-refractivity contribution >= 4 is 56.8 Å². The highest BCUT2D eigenvalue weighted by Crippen LogP contribution is 2.23. The molecule has 22 heavy (non-hydrogen) atoms. The summed E-state index contributed by atoms with van der Waals surface area (Å²) >= 11 is 15.0. The average Bonchev–Trinajstić information content (AvgIpc) is 2.47. The van der Waals surface area contributed by atoms with E-state index >= 15 is 0 Å². The summed E-state index contributed by atoms with van der Waals surface area (Å²) in [5, 5.41) is 0.339. The van der Waals surface area contributed by atoms with Crippen LogP contribution in [0.3, 0.4) is 0 Å². The van der Waals surface area contributed by atoms with Crippen LogP contribution in [0, 0.1) is 0 Å². The van der Waals surface area contributed by atoms with Crippen LogP contribution >= 0.6 is 39.1 Å². The number of pyridine rings is 1. The molecule has 1 aromatic heterocycles. The number of amides is 2. The van der Waals surface area contributed by atoms with Crippen LogP contribution in [0.5, 0.6) is 0 Å². The fourth-order valence-corrected chi connectivity index (χ4v) is 2.49. The molecule has 0 saturated heterocycles. The number of carbonyl (C=O) groups is 2. The third-order valence-electron chi connectivity index (χ3n) is 2.61. The number of rotatable bonds is 2. The van der Waals surface area contributed by atoms with Gasteiger partial charge in [-0.1, -0.05) is 29.3 Å². The van der Waals surface area contributed by atoms with Gasteiger partial charge in [-0.25, -0.2) is 4.98 Å². The lowest BCUT2D eigenvalue weighted by molar-refractivity contribution is 0.0847. The SMILES string of the molecule is Nc1ncc(Br)cc1C(=O)NNC(=O)c1c(Cl)cccc1Cl. The van der Waals surface area contributed by atoms with E-state index in [0.29, 0.717) is 4.47 Å². The molecule has 6 nitrogen and oxygen atoms in total. The van der Waals surface area contributed by atoms with Gasteiger partial charge in [-0.3, -0.25) is 20.4 Å². The zero-order chi connectivity index (χ0) is 16.3. The van der Waals surface area contributed by atoms with E-state index in [1.54, 1.807) is 6.07 Å². The van der Waals surface area contributed by atoms with Gasteiger partial charge in [0.1, 0.15) is 5.82 Å². The minimum absolute atomic E-state index is 0.0331. The number of hydrogen-bond donors (Lipinski definition) is 3. The molecule has 9 heteroatoms. The van der Waals surface area contributed by atoms with Crippen LogP contribution in [0.4, 0.5) is 5.82 Å². The topological polar surface area (TPSA) is 97.1 Å². The fraction of sp³-hybridized carbons (Fsp3) is 0. The van der Waals surface area contributed by atoms with Crippen molar-refractivity contribution in [2.24, 2.45) is 0 Å². The van der Waals surface area contributed by atoms with E-state index in [1.165, 1.54) is 24.4 Å². The van der Waals surface area contributed by atoms with Crippen molar-refractivity contribution in [2.75, 3.05) is 5.73 Å². The van der Waals surface area contributed by atoms with Gasteiger partial charge in [0.15, 0.2) is 0 Å². The van der Waals surface area contributed by atoms with Crippen molar-refractivity contribution in [3.8, 4) is 0 Å². The molecule has 2 rings (SSSR count). The third-order valence-corrected chi connectivity index (χ3v) is 3.67. The molecule has 0 spiro atoms. The Balaban J connectivity index is 2.11. The maximum absolute atomic E-state index is 12.0. The summed E-state index contributed by atoms with van der Waals surface area (Å²) in [6, 6.07) is 6.11. The quantitative estimate of drug-likeness (QED) is 0.671. The molecule has 0 aliphatic heterocycles. The number of anilines is 1. The average molecular weight is 404 g/mol. The number of nitrogens with zero attached hydrogens (tertiary/aromatic N) is 1. The van der Waals surface area contributed by atoms with Gasteiger partial charge in [0.05, 0.1) is 21.2 Å². The minimum atomic E-state index is -0.648. The van der Waals surface area contributed by atoms with E-state index in [9.17, 15) is 9.59 Å². The second kappa shape index (κ2) is 6.95. The molecule has 0 bridgehead atoms. The molecule has 2 aromatic rings. The Labute approximate surface area is 144 Å². The Morgan fingerprint density at radius 2 is 1.73 bits per heavy atom. The summed E-state index contributed by atoms with van der Waals surface area (Å²) in [6.07, 6.45) is 1.45. The Kier molecular flexibility index (Phi) is 5.23. The standard InChI is InChI=1S/C13H9BrCl2N4O2/c14-6-4-7(11(17)18-5-6)12(21)19-20-13(22)10-8(15)2-1-3-9(10)16/h1-5H,(H2,17,18)(H,19,21)(H,20,22). The molecule has 0 unspecified atom stereocenters. The lowest BCUT2D eigenvalue weighted by atomic mass is 10.2. The van der Waals surface area contributed by atoms with Crippen LogP contribution in [-0.4, -0.2) is 16.8 Å². The van der Waals surface area contributed by atoms with Gasteiger partial charge in [-0.2, -0.15) is 0 Å². The maximum atomic E-state index is 12.0. The Morgan fingerprint density at radius 1 is 1.14 bits per heavy atom. The zero-order valence-electron chi connectivity index (χ0n) is 10.9. The highest BCUT2D eigenvalue weighted by molar-refractivity contribution is 9.10. The van der Waals surface area contributed by atoms with Gasteiger partial charge in [0.2, 0.25) is 0 Å². The van der Waals surface area contributed by atoms with Crippen LogP contribution in [0.15, 0.2) is 34.9 Å². The molecule has 0 fully saturated rings. The van der Waals surface area contributed by atoms with Crippen LogP contribution in [0.25, 0.3) is 0 Å². The number of benzene rings is 1. The molecule has 0 radical (unpaired) electrons. The monoisotopic (exact) mass is 402 g/mol. The van der Waals surface area contributed by atoms with Crippen LogP contribution < -0.4 is 16.6 Å². The van der Waals surface area contributed by atoms with Crippen molar-refractivity contribution in [2.45, 2.75) is 0 Å². The van der Waals surface area contributed by atoms with E-state index < -0.39 is 11.8 Å². The highest BCUT2D eigenvalue weighted by atomic mass is 79.9. The molecule has 0 saturated carbocycles. The molecule has 4 N–H and O–H groups in total. The number of halogens is 3. The Morgan fingerprint density at radius 3 is 2.36 bits per heavy atom. The van der Waals surface area contributed by atoms with Crippen LogP contribution in [-0.2, 0) is 0 Å². The van der Waals surface area contributed by atoms with Gasteiger partial charge < -0.3 is 5.73 Å². The number of nitrogen functional groups attached to an aromatic ring is 1. The first kappa shape index (κ1) is 16.5. The summed E-state index contributed by atoms with van der Waals surface area (Å²) in [4.78, 5) is 27.8. The summed E-state index contributed by atoms with van der Waals surface area (Å²) in [6.45, 7) is 0. The molecule has 114 valence electrons. The summed E-state index contributed by atoms with van der Waals surface area (Å²) in [5.41, 5.74) is 10.2. The van der Waals surface area contributed by atoms with Crippen molar-refractivity contribution in [1.29, 1.82) is 0 Å². The first-order chi connectivity index (χ1) is 10.4. The summed E-state index contributed by atoms with van der Waals surface area (Å²) < 4.78 is 0.576. The number of aromatic nitrogens is 1. The highest BCUT2D eigenvalue weighted by Gasteiger charge is 2.17. The normalized spacial score (nSPS) is 10.1. The third kappa shape index (κ3) is 3.68. The number of hydrogen-bond acceptors (Lipinski definition) is 4. The van der Waals surface area contributed by atoms with Crippen LogP contribution in [0.2, 0.25) is 10.0 Å². The predicted molar refractivity (Wildman–Crippen MR) is 87.7 cm³/mol. The lowest BCUT2D eigenvalue weighted by Crippen LogP contribution is -2.42. The van der Waals surface area contributed by atoms with Crippen molar-refractivity contribution in [3.05, 3.63) is 56.1 Å². The molecule has 1 heterocycles. The summed E-state index contributed by atoms with van der Waals surface area (Å²) in [5.74, 6) is -1.24. The first-order valence-electron chi connectivity index (χ1n) is 5.86. The lowest BCUT2D eigenvalue weighted by Gasteiger charge is -2.10. The largest absolute Gasteiger partial charge is 0.383 e. The van der Waals surface area contributed by atoms with Gasteiger partial charge in [0.25, 0.3) is 11.8 Å². The smallest absolute Gasteiger partial charge is 0.273 e. The second-order valence-corrected chi connectivity index (χ2v) is 5.82. The molecular formula is C13H9BrCl2N4O2. The molecular weight excluding hydrogens is 395 g/mol. The molecule has 2 amide bonds. The fourth-order valence-electron chi connectivity index (χ4n) is 1.59. The number of hydrazine groups is 1. The Bertz CT molecular complexity index is 735. The number of carbonyl (C=O) groups excluding carboxylic acids is 2. The van der Waals surface area contributed by atoms with E-state index in [1.807, 2.05) is 0 Å². The molecule has 0 aliphatic rings. The number of nitrogens with one attached hydrogen (secondary N) is 2. The van der Waals surface area contributed by atoms with Crippen molar-refractivity contribution in [1.82, 2.24) is 15.8 Å².